The summed E-state index contributed by atoms with van der Waals surface area (Å²) in [6.07, 6.45) is 38.8. The monoisotopic (exact) mass is 1060 g/mol. The van der Waals surface area contributed by atoms with Gasteiger partial charge in [-0.2, -0.15) is 0 Å². The summed E-state index contributed by atoms with van der Waals surface area (Å²) in [5.74, 6) is 0. The van der Waals surface area contributed by atoms with Gasteiger partial charge in [0.1, 0.15) is 20.2 Å². The van der Waals surface area contributed by atoms with Gasteiger partial charge in [-0.05, 0) is 119 Å². The van der Waals surface area contributed by atoms with Crippen LogP contribution in [-0.2, 0) is 45.9 Å². The topological polar surface area (TPSA) is 114 Å². The van der Waals surface area contributed by atoms with Crippen LogP contribution in [0.1, 0.15) is 230 Å². The van der Waals surface area contributed by atoms with Gasteiger partial charge in [0, 0.05) is 0 Å². The number of hydrogen-bond donors (Lipinski definition) is 0. The van der Waals surface area contributed by atoms with Crippen LogP contribution >= 0.6 is 0 Å². The molecule has 6 nitrogen and oxygen atoms in total. The van der Waals surface area contributed by atoms with Crippen molar-refractivity contribution in [2.24, 2.45) is 0 Å². The second-order valence-electron chi connectivity index (χ2n) is 18.6. The number of benzene rings is 4. The normalized spacial score (nSPS) is 11.8. The molecule has 0 aliphatic heterocycles. The molecule has 4 aromatic rings. The summed E-state index contributed by atoms with van der Waals surface area (Å²) in [4.78, 5) is -0.144. The first-order valence-electron chi connectivity index (χ1n) is 25.9. The summed E-state index contributed by atoms with van der Waals surface area (Å²) < 4.78 is 71.3. The fourth-order valence-corrected chi connectivity index (χ4v) is 10.5. The zero-order valence-electron chi connectivity index (χ0n) is 41.4. The summed E-state index contributed by atoms with van der Waals surface area (Å²) in [6, 6.07) is 19.0. The number of fused-ring (bicyclic) bond motifs is 2. The van der Waals surface area contributed by atoms with Crippen molar-refractivity contribution in [3.05, 3.63) is 82.9 Å². The zero-order valence-corrected chi connectivity index (χ0v) is 47.4. The molecule has 0 spiro atoms. The maximum Gasteiger partial charge on any atom is 2.00 e. The van der Waals surface area contributed by atoms with Gasteiger partial charge in [0.2, 0.25) is 0 Å². The standard InChI is InChI=1S/2C28H44O3S.Ba/c2*1-3-5-7-9-11-13-15-17-24-19-21-26-25(18-16-14-12-10-8-6-4-2)20-22-28(27(26)23-24)32(29,30)31;/h2*19-23H,3-18H2,1-2H3,(H,29,30,31);/q;;+2/p-2. The third kappa shape index (κ3) is 23.8. The first-order valence-corrected chi connectivity index (χ1v) is 28.8. The van der Waals surface area contributed by atoms with Gasteiger partial charge in [-0.15, -0.1) is 0 Å². The predicted molar refractivity (Wildman–Crippen MR) is 276 cm³/mol. The molecule has 4 aromatic carbocycles. The Morgan fingerprint density at radius 1 is 0.323 bits per heavy atom. The van der Waals surface area contributed by atoms with Crippen LogP contribution in [0, 0.1) is 0 Å². The van der Waals surface area contributed by atoms with Crippen LogP contribution in [0.3, 0.4) is 0 Å². The zero-order chi connectivity index (χ0) is 46.5. The van der Waals surface area contributed by atoms with Gasteiger partial charge in [-0.3, -0.25) is 0 Å². The van der Waals surface area contributed by atoms with Crippen LogP contribution in [0.25, 0.3) is 21.5 Å². The van der Waals surface area contributed by atoms with E-state index in [1.54, 1.807) is 0 Å². The van der Waals surface area contributed by atoms with Crippen LogP contribution in [-0.4, -0.2) is 74.8 Å². The minimum absolute atomic E-state index is 0. The Kier molecular flexibility index (Phi) is 32.2. The van der Waals surface area contributed by atoms with Crippen LogP contribution in [0.15, 0.2) is 70.5 Å². The van der Waals surface area contributed by atoms with Crippen molar-refractivity contribution in [1.82, 2.24) is 0 Å². The van der Waals surface area contributed by atoms with E-state index in [0.29, 0.717) is 10.8 Å². The van der Waals surface area contributed by atoms with E-state index in [-0.39, 0.29) is 58.7 Å². The maximum atomic E-state index is 11.9. The number of rotatable bonds is 34. The van der Waals surface area contributed by atoms with E-state index in [4.69, 9.17) is 0 Å². The molecule has 65 heavy (non-hydrogen) atoms. The van der Waals surface area contributed by atoms with Gasteiger partial charge in [0.15, 0.2) is 0 Å². The minimum atomic E-state index is -4.49. The Morgan fingerprint density at radius 2 is 0.585 bits per heavy atom. The number of aryl methyl sites for hydroxylation is 4. The molecule has 0 unspecified atom stereocenters. The summed E-state index contributed by atoms with van der Waals surface area (Å²) in [5.41, 5.74) is 4.57. The molecular weight excluding hydrogens is 970 g/mol. The molecule has 0 bridgehead atoms. The van der Waals surface area contributed by atoms with E-state index in [9.17, 15) is 25.9 Å². The van der Waals surface area contributed by atoms with Crippen molar-refractivity contribution in [2.45, 2.75) is 243 Å². The van der Waals surface area contributed by atoms with Crippen LogP contribution in [0.4, 0.5) is 0 Å². The molecule has 0 aromatic heterocycles. The second kappa shape index (κ2) is 35.0. The third-order valence-corrected chi connectivity index (χ3v) is 14.8. The van der Waals surface area contributed by atoms with Crippen LogP contribution < -0.4 is 0 Å². The van der Waals surface area contributed by atoms with Crippen molar-refractivity contribution in [2.75, 3.05) is 0 Å². The molecule has 0 saturated heterocycles. The van der Waals surface area contributed by atoms with Crippen molar-refractivity contribution < 1.29 is 25.9 Å². The van der Waals surface area contributed by atoms with Crippen molar-refractivity contribution in [1.29, 1.82) is 0 Å². The quantitative estimate of drug-likeness (QED) is 0.0261. The Bertz CT molecular complexity index is 1960. The SMILES string of the molecule is CCCCCCCCCc1ccc2c(CCCCCCCCC)ccc(S(=O)(=O)[O-])c2c1.CCCCCCCCCc1ccc2c(CCCCCCCCC)ccc(S(=O)(=O)[O-])c2c1.[Ba+2]. The van der Waals surface area contributed by atoms with E-state index >= 15 is 0 Å². The van der Waals surface area contributed by atoms with E-state index in [2.05, 4.69) is 39.8 Å². The molecule has 360 valence electrons. The smallest absolute Gasteiger partial charge is 0.744 e. The molecule has 4 rings (SSSR count). The molecule has 0 N–H and O–H groups in total. The maximum absolute atomic E-state index is 11.9. The molecule has 0 fully saturated rings. The van der Waals surface area contributed by atoms with Gasteiger partial charge >= 0.3 is 48.9 Å². The van der Waals surface area contributed by atoms with Gasteiger partial charge in [-0.25, -0.2) is 16.8 Å². The van der Waals surface area contributed by atoms with E-state index < -0.39 is 20.2 Å². The molecule has 0 heterocycles. The van der Waals surface area contributed by atoms with Gasteiger partial charge in [0.05, 0.1) is 9.79 Å². The first-order chi connectivity index (χ1) is 30.9. The molecule has 0 atom stereocenters. The van der Waals surface area contributed by atoms with Gasteiger partial charge in [0.25, 0.3) is 0 Å². The second-order valence-corrected chi connectivity index (χ2v) is 21.3. The fourth-order valence-electron chi connectivity index (χ4n) is 9.16. The van der Waals surface area contributed by atoms with E-state index in [0.717, 1.165) is 84.4 Å². The Balaban J connectivity index is 0.000000440. The average molecular weight is 1060 g/mol. The van der Waals surface area contributed by atoms with Crippen LogP contribution in [0.2, 0.25) is 0 Å². The molecule has 0 aliphatic rings. The molecule has 0 amide bonds. The minimum Gasteiger partial charge on any atom is -0.744 e. The summed E-state index contributed by atoms with van der Waals surface area (Å²) >= 11 is 0. The number of hydrogen-bond acceptors (Lipinski definition) is 6. The molecule has 0 aliphatic carbocycles. The Hall–Kier alpha value is -1.21. The molecule has 0 radical (unpaired) electrons. The first kappa shape index (κ1) is 59.9. The van der Waals surface area contributed by atoms with Gasteiger partial charge < -0.3 is 9.11 Å². The van der Waals surface area contributed by atoms with Gasteiger partial charge in [-0.1, -0.05) is 218 Å². The fraction of sp³-hybridized carbons (Fsp3) is 0.643. The third-order valence-electron chi connectivity index (χ3n) is 13.0. The Labute approximate surface area is 438 Å². The summed E-state index contributed by atoms with van der Waals surface area (Å²) in [7, 11) is -8.98. The van der Waals surface area contributed by atoms with Crippen molar-refractivity contribution in [3.8, 4) is 0 Å². The van der Waals surface area contributed by atoms with Crippen LogP contribution in [0.5, 0.6) is 0 Å². The van der Waals surface area contributed by atoms with E-state index in [1.165, 1.54) is 166 Å². The predicted octanol–water partition coefficient (Wildman–Crippen LogP) is 16.3. The summed E-state index contributed by atoms with van der Waals surface area (Å²) in [5, 5.41) is 3.08. The van der Waals surface area contributed by atoms with E-state index in [1.807, 2.05) is 36.4 Å². The Morgan fingerprint density at radius 3 is 0.862 bits per heavy atom. The molecular formula is C56H86BaO6S2. The molecule has 9 heteroatoms. The molecule has 0 saturated carbocycles. The van der Waals surface area contributed by atoms with Crippen molar-refractivity contribution in [3.63, 3.8) is 0 Å². The number of unbranched alkanes of at least 4 members (excludes halogenated alkanes) is 24. The summed E-state index contributed by atoms with van der Waals surface area (Å²) in [6.45, 7) is 8.93. The average Bonchev–Trinajstić information content (AvgIpc) is 3.27. The largest absolute Gasteiger partial charge is 2.00 e. The van der Waals surface area contributed by atoms with Crippen molar-refractivity contribution >= 4 is 90.7 Å².